The first-order valence-corrected chi connectivity index (χ1v) is 12.5. The number of imidazole rings is 1. The molecular weight excluding hydrogens is 497 g/mol. The lowest BCUT2D eigenvalue weighted by atomic mass is 10.1. The molecule has 4 heterocycles. The third-order valence-corrected chi connectivity index (χ3v) is 6.84. The molecule has 1 N–H and O–H groups in total. The summed E-state index contributed by atoms with van der Waals surface area (Å²) in [6.07, 6.45) is 2.07. The molecule has 10 heteroatoms. The lowest BCUT2D eigenvalue weighted by Gasteiger charge is -2.31. The smallest absolute Gasteiger partial charge is 0.354 e. The number of aromatic carboxylic acids is 1. The van der Waals surface area contributed by atoms with Crippen LogP contribution in [0.5, 0.6) is 5.88 Å². The van der Waals surface area contributed by atoms with Gasteiger partial charge in [0.25, 0.3) is 0 Å². The van der Waals surface area contributed by atoms with Gasteiger partial charge in [-0.2, -0.15) is 0 Å². The second-order valence-corrected chi connectivity index (χ2v) is 9.85. The number of hydrogen-bond acceptors (Lipinski definition) is 6. The van der Waals surface area contributed by atoms with Crippen LogP contribution in [-0.4, -0.2) is 54.7 Å². The molecule has 37 heavy (non-hydrogen) atoms. The van der Waals surface area contributed by atoms with Gasteiger partial charge < -0.3 is 14.4 Å². The molecule has 0 amide bonds. The summed E-state index contributed by atoms with van der Waals surface area (Å²) in [7, 11) is 1.86. The van der Waals surface area contributed by atoms with Crippen molar-refractivity contribution >= 4 is 28.7 Å². The Labute approximate surface area is 218 Å². The molecule has 0 unspecified atom stereocenters. The highest BCUT2D eigenvalue weighted by molar-refractivity contribution is 6.30. The summed E-state index contributed by atoms with van der Waals surface area (Å²) in [6, 6.07) is 11.7. The van der Waals surface area contributed by atoms with E-state index in [4.69, 9.17) is 16.3 Å². The van der Waals surface area contributed by atoms with Crippen molar-refractivity contribution in [1.29, 1.82) is 0 Å². The van der Waals surface area contributed by atoms with Gasteiger partial charge in [0.2, 0.25) is 5.88 Å². The number of nitrogens with zero attached hydrogens (tertiary/aromatic N) is 5. The molecule has 8 nitrogen and oxygen atoms in total. The van der Waals surface area contributed by atoms with Crippen LogP contribution in [-0.2, 0) is 20.0 Å². The lowest BCUT2D eigenvalue weighted by Crippen LogP contribution is -2.38. The van der Waals surface area contributed by atoms with Crippen LogP contribution in [0.15, 0.2) is 42.5 Å². The number of fused-ring (bicyclic) bond motifs is 1. The molecule has 1 aliphatic rings. The number of likely N-dealkylation sites (tertiary alicyclic amines) is 1. The largest absolute Gasteiger partial charge is 0.477 e. The number of rotatable bonds is 7. The minimum atomic E-state index is -1.06. The molecule has 5 rings (SSSR count). The fourth-order valence-corrected chi connectivity index (χ4v) is 4.80. The van der Waals surface area contributed by atoms with Crippen molar-refractivity contribution in [2.45, 2.75) is 38.8 Å². The average Bonchev–Trinajstić information content (AvgIpc) is 3.16. The molecule has 1 aromatic carbocycles. The molecular formula is C27H27ClFN5O3. The zero-order chi connectivity index (χ0) is 26.1. The highest BCUT2D eigenvalue weighted by atomic mass is 35.5. The van der Waals surface area contributed by atoms with Gasteiger partial charge in [-0.3, -0.25) is 4.90 Å². The van der Waals surface area contributed by atoms with Gasteiger partial charge in [-0.15, -0.1) is 0 Å². The number of carboxylic acid groups (broad SMARTS) is 1. The van der Waals surface area contributed by atoms with Crippen LogP contribution in [0.4, 0.5) is 4.39 Å². The molecule has 1 fully saturated rings. The molecule has 3 aromatic heterocycles. The number of pyridine rings is 2. The number of halogens is 2. The van der Waals surface area contributed by atoms with Crippen LogP contribution in [0.25, 0.3) is 11.2 Å². The third-order valence-electron chi connectivity index (χ3n) is 6.60. The first kappa shape index (κ1) is 25.1. The zero-order valence-electron chi connectivity index (χ0n) is 20.6. The van der Waals surface area contributed by atoms with Crippen LogP contribution in [0.2, 0.25) is 5.02 Å². The van der Waals surface area contributed by atoms with Crippen molar-refractivity contribution in [1.82, 2.24) is 24.4 Å². The monoisotopic (exact) mass is 523 g/mol. The topological polar surface area (TPSA) is 93.4 Å². The fraction of sp³-hybridized carbons (Fsp3) is 0.333. The Bertz CT molecular complexity index is 1470. The Morgan fingerprint density at radius 3 is 2.65 bits per heavy atom. The molecule has 0 bridgehead atoms. The Morgan fingerprint density at radius 2 is 1.92 bits per heavy atom. The third kappa shape index (κ3) is 5.73. The maximum Gasteiger partial charge on any atom is 0.354 e. The molecule has 1 aliphatic heterocycles. The van der Waals surface area contributed by atoms with Crippen LogP contribution < -0.4 is 4.74 Å². The summed E-state index contributed by atoms with van der Waals surface area (Å²) in [4.78, 5) is 27.1. The van der Waals surface area contributed by atoms with E-state index in [-0.39, 0.29) is 17.6 Å². The molecule has 0 saturated carbocycles. The predicted octanol–water partition coefficient (Wildman–Crippen LogP) is 4.80. The summed E-state index contributed by atoms with van der Waals surface area (Å²) in [6.45, 7) is 4.28. The molecule has 0 radical (unpaired) electrons. The standard InChI is InChI=1S/C27H27ClFN5O3/c1-16-11-19(13-17-3-4-18(28)14-21(17)29)30-25(12-16)37-20-7-9-34(10-8-20)15-24-31-22-5-6-23(27(35)36)32-26(22)33(24)2/h3-6,11-12,14,20H,7-10,13,15H2,1-2H3,(H,35,36). The predicted molar refractivity (Wildman–Crippen MR) is 138 cm³/mol. The van der Waals surface area contributed by atoms with E-state index in [9.17, 15) is 14.3 Å². The van der Waals surface area contributed by atoms with Crippen molar-refractivity contribution < 1.29 is 19.0 Å². The minimum Gasteiger partial charge on any atom is -0.477 e. The highest BCUT2D eigenvalue weighted by Gasteiger charge is 2.23. The Kier molecular flexibility index (Phi) is 7.08. The van der Waals surface area contributed by atoms with E-state index in [1.807, 2.05) is 30.7 Å². The van der Waals surface area contributed by atoms with E-state index in [0.29, 0.717) is 40.6 Å². The number of aryl methyl sites for hydroxylation is 2. The van der Waals surface area contributed by atoms with Crippen LogP contribution in [0, 0.1) is 12.7 Å². The second kappa shape index (κ2) is 10.4. The molecule has 0 spiro atoms. The number of ether oxygens (including phenoxy) is 1. The summed E-state index contributed by atoms with van der Waals surface area (Å²) in [5.41, 5.74) is 3.54. The fourth-order valence-electron chi connectivity index (χ4n) is 4.64. The van der Waals surface area contributed by atoms with Crippen molar-refractivity contribution in [3.63, 3.8) is 0 Å². The molecule has 4 aromatic rings. The Balaban J connectivity index is 1.20. The van der Waals surface area contributed by atoms with Crippen LogP contribution in [0.3, 0.4) is 0 Å². The molecule has 0 aliphatic carbocycles. The van der Waals surface area contributed by atoms with E-state index in [1.165, 1.54) is 12.1 Å². The molecule has 0 atom stereocenters. The van der Waals surface area contributed by atoms with E-state index in [1.54, 1.807) is 18.2 Å². The van der Waals surface area contributed by atoms with Crippen molar-refractivity contribution in [2.24, 2.45) is 7.05 Å². The highest BCUT2D eigenvalue weighted by Crippen LogP contribution is 2.23. The first-order valence-electron chi connectivity index (χ1n) is 12.1. The molecule has 192 valence electrons. The van der Waals surface area contributed by atoms with Gasteiger partial charge in [-0.05, 0) is 61.2 Å². The van der Waals surface area contributed by atoms with Gasteiger partial charge in [-0.25, -0.2) is 24.1 Å². The number of aromatic nitrogens is 4. The van der Waals surface area contributed by atoms with Crippen molar-refractivity contribution in [2.75, 3.05) is 13.1 Å². The summed E-state index contributed by atoms with van der Waals surface area (Å²) in [5.74, 6) is -0.00855. The SMILES string of the molecule is Cc1cc(Cc2ccc(Cl)cc2F)nc(OC2CCN(Cc3nc4ccc(C(=O)O)nc4n3C)CC2)c1. The number of piperidine rings is 1. The van der Waals surface area contributed by atoms with Crippen molar-refractivity contribution in [3.8, 4) is 5.88 Å². The van der Waals surface area contributed by atoms with Gasteiger partial charge in [-0.1, -0.05) is 17.7 Å². The quantitative estimate of drug-likeness (QED) is 0.372. The normalized spacial score (nSPS) is 14.8. The average molecular weight is 524 g/mol. The Hall–Kier alpha value is -3.56. The maximum atomic E-state index is 14.3. The van der Waals surface area contributed by atoms with Gasteiger partial charge in [0.1, 0.15) is 23.3 Å². The van der Waals surface area contributed by atoms with E-state index in [2.05, 4.69) is 19.9 Å². The van der Waals surface area contributed by atoms with E-state index in [0.717, 1.165) is 43.0 Å². The Morgan fingerprint density at radius 1 is 1.14 bits per heavy atom. The number of hydrogen-bond donors (Lipinski definition) is 1. The summed E-state index contributed by atoms with van der Waals surface area (Å²) >= 11 is 5.87. The van der Waals surface area contributed by atoms with Crippen LogP contribution >= 0.6 is 11.6 Å². The van der Waals surface area contributed by atoms with E-state index >= 15 is 0 Å². The number of carbonyl (C=O) groups is 1. The number of carboxylic acids is 1. The zero-order valence-corrected chi connectivity index (χ0v) is 21.4. The van der Waals surface area contributed by atoms with Crippen molar-refractivity contribution in [3.05, 3.63) is 81.6 Å². The minimum absolute atomic E-state index is 0.00577. The number of benzene rings is 1. The first-order chi connectivity index (χ1) is 17.7. The van der Waals surface area contributed by atoms with Crippen LogP contribution in [0.1, 0.15) is 46.0 Å². The summed E-state index contributed by atoms with van der Waals surface area (Å²) in [5, 5.41) is 9.58. The second-order valence-electron chi connectivity index (χ2n) is 9.41. The molecule has 1 saturated heterocycles. The van der Waals surface area contributed by atoms with Gasteiger partial charge >= 0.3 is 5.97 Å². The van der Waals surface area contributed by atoms with Gasteiger partial charge in [0.15, 0.2) is 11.3 Å². The van der Waals surface area contributed by atoms with Gasteiger partial charge in [0, 0.05) is 43.3 Å². The maximum absolute atomic E-state index is 14.3. The van der Waals surface area contributed by atoms with E-state index < -0.39 is 5.97 Å². The van der Waals surface area contributed by atoms with Gasteiger partial charge in [0.05, 0.1) is 6.54 Å². The summed E-state index contributed by atoms with van der Waals surface area (Å²) < 4.78 is 22.3. The lowest BCUT2D eigenvalue weighted by molar-refractivity contribution is 0.0691.